The van der Waals surface area contributed by atoms with Crippen LogP contribution in [0.5, 0.6) is 5.75 Å². The number of rotatable bonds is 7. The number of alkyl halides is 3. The molecule has 0 bridgehead atoms. The highest BCUT2D eigenvalue weighted by Gasteiger charge is 2.32. The Kier molecular flexibility index (Phi) is 6.97. The van der Waals surface area contributed by atoms with Crippen molar-refractivity contribution < 1.29 is 22.7 Å². The molecule has 0 N–H and O–H groups in total. The molecular weight excluding hydrogens is 363 g/mol. The number of ether oxygens (including phenoxy) is 1. The number of para-hydroxylation sites is 1. The van der Waals surface area contributed by atoms with E-state index in [4.69, 9.17) is 0 Å². The molecule has 0 radical (unpaired) electrons. The van der Waals surface area contributed by atoms with Gasteiger partial charge in [0.1, 0.15) is 5.75 Å². The van der Waals surface area contributed by atoms with Gasteiger partial charge in [-0.05, 0) is 18.6 Å². The maximum atomic E-state index is 12.5. The number of benzene rings is 2. The molecule has 0 heterocycles. The predicted molar refractivity (Wildman–Crippen MR) is 96.8 cm³/mol. The Labute approximate surface area is 155 Å². The van der Waals surface area contributed by atoms with Crippen LogP contribution in [0.2, 0.25) is 0 Å². The van der Waals surface area contributed by atoms with Crippen molar-refractivity contribution in [2.45, 2.75) is 30.8 Å². The maximum absolute atomic E-state index is 12.5. The van der Waals surface area contributed by atoms with Crippen LogP contribution in [0, 0.1) is 0 Å². The summed E-state index contributed by atoms with van der Waals surface area (Å²) < 4.78 is 41.5. The Morgan fingerprint density at radius 2 is 1.73 bits per heavy atom. The summed E-state index contributed by atoms with van der Waals surface area (Å²) in [4.78, 5) is 13.9. The molecule has 0 aliphatic heterocycles. The molecule has 2 aromatic carbocycles. The van der Waals surface area contributed by atoms with Crippen molar-refractivity contribution in [1.82, 2.24) is 4.90 Å². The monoisotopic (exact) mass is 383 g/mol. The standard InChI is InChI=1S/C19H20F3NO2S/c1-14(26-13-15-8-4-3-5-9-15)18(24)23(2)12-16-10-6-7-11-17(16)25-19(20,21)22/h3-11,14H,12-13H2,1-2H3. The average Bonchev–Trinajstić information content (AvgIpc) is 2.60. The van der Waals surface area contributed by atoms with Crippen LogP contribution in [-0.2, 0) is 17.1 Å². The van der Waals surface area contributed by atoms with Crippen LogP contribution in [0.15, 0.2) is 54.6 Å². The topological polar surface area (TPSA) is 29.5 Å². The third kappa shape index (κ3) is 6.29. The van der Waals surface area contributed by atoms with Crippen LogP contribution >= 0.6 is 11.8 Å². The molecule has 7 heteroatoms. The zero-order chi connectivity index (χ0) is 19.2. The van der Waals surface area contributed by atoms with Crippen molar-refractivity contribution in [3.05, 3.63) is 65.7 Å². The lowest BCUT2D eigenvalue weighted by Gasteiger charge is -2.22. The molecule has 140 valence electrons. The van der Waals surface area contributed by atoms with Crippen LogP contribution in [0.25, 0.3) is 0 Å². The highest BCUT2D eigenvalue weighted by Crippen LogP contribution is 2.27. The zero-order valence-electron chi connectivity index (χ0n) is 14.5. The molecule has 1 atom stereocenters. The van der Waals surface area contributed by atoms with Crippen LogP contribution in [0.3, 0.4) is 0 Å². The summed E-state index contributed by atoms with van der Waals surface area (Å²) in [5, 5.41) is -0.309. The van der Waals surface area contributed by atoms with Gasteiger partial charge in [0.25, 0.3) is 0 Å². The molecule has 2 aromatic rings. The van der Waals surface area contributed by atoms with E-state index in [1.807, 2.05) is 30.3 Å². The molecule has 0 aromatic heterocycles. The van der Waals surface area contributed by atoms with Crippen LogP contribution in [0.4, 0.5) is 13.2 Å². The van der Waals surface area contributed by atoms with Crippen molar-refractivity contribution in [3.8, 4) is 5.75 Å². The van der Waals surface area contributed by atoms with Crippen LogP contribution in [-0.4, -0.2) is 29.5 Å². The fourth-order valence-corrected chi connectivity index (χ4v) is 3.33. The van der Waals surface area contributed by atoms with E-state index in [0.29, 0.717) is 11.3 Å². The first-order valence-electron chi connectivity index (χ1n) is 8.00. The van der Waals surface area contributed by atoms with Crippen LogP contribution < -0.4 is 4.74 Å². The minimum Gasteiger partial charge on any atom is -0.405 e. The number of carbonyl (C=O) groups excluding carboxylic acids is 1. The molecule has 1 amide bonds. The smallest absolute Gasteiger partial charge is 0.405 e. The summed E-state index contributed by atoms with van der Waals surface area (Å²) >= 11 is 1.49. The van der Waals surface area contributed by atoms with Gasteiger partial charge >= 0.3 is 6.36 Å². The van der Waals surface area contributed by atoms with E-state index >= 15 is 0 Å². The molecule has 0 spiro atoms. The van der Waals surface area contributed by atoms with Crippen molar-refractivity contribution in [3.63, 3.8) is 0 Å². The summed E-state index contributed by atoms with van der Waals surface area (Å²) in [6, 6.07) is 15.6. The Bertz CT molecular complexity index is 722. The van der Waals surface area contributed by atoms with Crippen molar-refractivity contribution in [2.75, 3.05) is 7.05 Å². The van der Waals surface area contributed by atoms with Gasteiger partial charge in [-0.1, -0.05) is 48.5 Å². The van der Waals surface area contributed by atoms with E-state index in [1.165, 1.54) is 34.9 Å². The fraction of sp³-hybridized carbons (Fsp3) is 0.316. The normalized spacial score (nSPS) is 12.5. The summed E-state index contributed by atoms with van der Waals surface area (Å²) in [5.41, 5.74) is 1.42. The number of nitrogens with zero attached hydrogens (tertiary/aromatic N) is 1. The Morgan fingerprint density at radius 3 is 2.38 bits per heavy atom. The summed E-state index contributed by atoms with van der Waals surface area (Å²) in [5.74, 6) is 0.256. The molecule has 0 saturated heterocycles. The van der Waals surface area contributed by atoms with Crippen molar-refractivity contribution >= 4 is 17.7 Å². The molecule has 3 nitrogen and oxygen atoms in total. The predicted octanol–water partition coefficient (Wildman–Crippen LogP) is 4.87. The number of thioether (sulfide) groups is 1. The van der Waals surface area contributed by atoms with Gasteiger partial charge in [0, 0.05) is 24.9 Å². The highest BCUT2D eigenvalue weighted by atomic mass is 32.2. The van der Waals surface area contributed by atoms with E-state index in [-0.39, 0.29) is 23.5 Å². The lowest BCUT2D eigenvalue weighted by molar-refractivity contribution is -0.275. The molecule has 0 saturated carbocycles. The fourth-order valence-electron chi connectivity index (χ4n) is 2.37. The first-order chi connectivity index (χ1) is 12.3. The van der Waals surface area contributed by atoms with Gasteiger partial charge in [-0.2, -0.15) is 0 Å². The third-order valence-corrected chi connectivity index (χ3v) is 4.87. The van der Waals surface area contributed by atoms with Gasteiger partial charge in [0.05, 0.1) is 5.25 Å². The van der Waals surface area contributed by atoms with Gasteiger partial charge in [-0.3, -0.25) is 4.79 Å². The van der Waals surface area contributed by atoms with E-state index < -0.39 is 6.36 Å². The Balaban J connectivity index is 1.96. The summed E-state index contributed by atoms with van der Waals surface area (Å²) in [6.45, 7) is 1.84. The van der Waals surface area contributed by atoms with E-state index in [9.17, 15) is 18.0 Å². The van der Waals surface area contributed by atoms with E-state index in [0.717, 1.165) is 5.56 Å². The first-order valence-corrected chi connectivity index (χ1v) is 9.05. The number of amides is 1. The lowest BCUT2D eigenvalue weighted by Crippen LogP contribution is -2.33. The van der Waals surface area contributed by atoms with Crippen molar-refractivity contribution in [1.29, 1.82) is 0 Å². The van der Waals surface area contributed by atoms with Gasteiger partial charge in [0.15, 0.2) is 0 Å². The minimum absolute atomic E-state index is 0.0430. The van der Waals surface area contributed by atoms with Gasteiger partial charge < -0.3 is 9.64 Å². The second-order valence-electron chi connectivity index (χ2n) is 5.79. The Hall–Kier alpha value is -2.15. The molecular formula is C19H20F3NO2S. The van der Waals surface area contributed by atoms with E-state index in [2.05, 4.69) is 4.74 Å². The number of carbonyl (C=O) groups is 1. The molecule has 0 aliphatic carbocycles. The summed E-state index contributed by atoms with van der Waals surface area (Å²) in [7, 11) is 1.58. The quantitative estimate of drug-likeness (QED) is 0.683. The largest absolute Gasteiger partial charge is 0.573 e. The number of halogens is 3. The first kappa shape index (κ1) is 20.2. The highest BCUT2D eigenvalue weighted by molar-refractivity contribution is 7.99. The van der Waals surface area contributed by atoms with E-state index in [1.54, 1.807) is 20.0 Å². The zero-order valence-corrected chi connectivity index (χ0v) is 15.3. The van der Waals surface area contributed by atoms with Crippen molar-refractivity contribution in [2.24, 2.45) is 0 Å². The SMILES string of the molecule is CC(SCc1ccccc1)C(=O)N(C)Cc1ccccc1OC(F)(F)F. The lowest BCUT2D eigenvalue weighted by atomic mass is 10.2. The number of hydrogen-bond donors (Lipinski definition) is 0. The average molecular weight is 383 g/mol. The van der Waals surface area contributed by atoms with Crippen LogP contribution in [0.1, 0.15) is 18.1 Å². The second kappa shape index (κ2) is 8.98. The minimum atomic E-state index is -4.77. The summed E-state index contributed by atoms with van der Waals surface area (Å²) in [6.07, 6.45) is -4.77. The second-order valence-corrected chi connectivity index (χ2v) is 7.12. The molecule has 26 heavy (non-hydrogen) atoms. The molecule has 1 unspecified atom stereocenters. The molecule has 2 rings (SSSR count). The van der Waals surface area contributed by atoms with Gasteiger partial charge in [-0.25, -0.2) is 0 Å². The number of hydrogen-bond acceptors (Lipinski definition) is 3. The third-order valence-electron chi connectivity index (χ3n) is 3.67. The molecule has 0 fully saturated rings. The molecule has 0 aliphatic rings. The Morgan fingerprint density at radius 1 is 1.12 bits per heavy atom. The maximum Gasteiger partial charge on any atom is 0.573 e. The van der Waals surface area contributed by atoms with Gasteiger partial charge in [0.2, 0.25) is 5.91 Å². The van der Waals surface area contributed by atoms with Gasteiger partial charge in [-0.15, -0.1) is 24.9 Å².